The molecule has 0 radical (unpaired) electrons. The first-order valence-corrected chi connectivity index (χ1v) is 25.5. The second-order valence-corrected chi connectivity index (χ2v) is 22.5. The van der Waals surface area contributed by atoms with E-state index in [1.807, 2.05) is 18.3 Å². The van der Waals surface area contributed by atoms with E-state index in [1.54, 1.807) is 0 Å². The second kappa shape index (κ2) is 15.3. The molecule has 9 aromatic rings. The van der Waals surface area contributed by atoms with Crippen molar-refractivity contribution in [1.29, 1.82) is 5.26 Å². The van der Waals surface area contributed by atoms with Gasteiger partial charge in [-0.2, -0.15) is 5.26 Å². The normalized spacial score (nSPS) is 17.0. The number of hydrogen-bond donors (Lipinski definition) is 0. The van der Waals surface area contributed by atoms with Crippen LogP contribution in [0.15, 0.2) is 188 Å². The fourth-order valence-corrected chi connectivity index (χ4v) is 14.7. The Labute approximate surface area is 429 Å². The topological polar surface area (TPSA) is 47.5 Å². The molecule has 5 nitrogen and oxygen atoms in total. The first-order chi connectivity index (χ1) is 35.2. The summed E-state index contributed by atoms with van der Waals surface area (Å²) in [5.41, 5.74) is 18.8. The third-order valence-electron chi connectivity index (χ3n) is 17.6. The average Bonchev–Trinajstić information content (AvgIpc) is 3.87. The Morgan fingerprint density at radius 2 is 0.918 bits per heavy atom. The van der Waals surface area contributed by atoms with Crippen molar-refractivity contribution in [2.75, 3.05) is 9.80 Å². The summed E-state index contributed by atoms with van der Waals surface area (Å²) >= 11 is 0. The van der Waals surface area contributed by atoms with Gasteiger partial charge in [0.15, 0.2) is 0 Å². The molecular formula is C68H55N5. The van der Waals surface area contributed by atoms with Crippen LogP contribution in [0.1, 0.15) is 106 Å². The van der Waals surface area contributed by atoms with Crippen LogP contribution < -0.4 is 9.80 Å². The largest absolute Gasteiger partial charge is 0.317 e. The van der Waals surface area contributed by atoms with E-state index in [4.69, 9.17) is 9.83 Å². The van der Waals surface area contributed by atoms with Gasteiger partial charge < -0.3 is 9.80 Å². The zero-order valence-corrected chi connectivity index (χ0v) is 42.6. The van der Waals surface area contributed by atoms with Crippen molar-refractivity contribution in [3.63, 3.8) is 0 Å². The first kappa shape index (κ1) is 44.4. The lowest BCUT2D eigenvalue weighted by Crippen LogP contribution is -2.51. The van der Waals surface area contributed by atoms with Crippen molar-refractivity contribution in [3.05, 3.63) is 250 Å². The minimum Gasteiger partial charge on any atom is -0.317 e. The second-order valence-electron chi connectivity index (χ2n) is 22.5. The number of nitrogens with zero attached hydrogens (tertiary/aromatic N) is 5. The van der Waals surface area contributed by atoms with E-state index in [-0.39, 0.29) is 0 Å². The summed E-state index contributed by atoms with van der Waals surface area (Å²) in [5.74, 6) is 0. The molecule has 5 heteroatoms. The van der Waals surface area contributed by atoms with Gasteiger partial charge in [0.05, 0.1) is 46.3 Å². The van der Waals surface area contributed by atoms with Crippen LogP contribution in [-0.2, 0) is 27.1 Å². The monoisotopic (exact) mass is 941 g/mol. The summed E-state index contributed by atoms with van der Waals surface area (Å²) in [6.45, 7) is 28.3. The van der Waals surface area contributed by atoms with Gasteiger partial charge in [0.2, 0.25) is 5.69 Å². The van der Waals surface area contributed by atoms with Gasteiger partial charge in [-0.1, -0.05) is 181 Å². The fraction of sp³-hybridized carbons (Fsp3) is 0.191. The van der Waals surface area contributed by atoms with Crippen molar-refractivity contribution in [2.45, 2.75) is 82.5 Å². The molecule has 0 amide bonds. The number of benzene rings is 8. The Bertz CT molecular complexity index is 3850. The SMILES string of the molecule is [C-]#[N+]c1c(N2c3ccc(-c4ccccc4)cc3C(C)(C)c3ncccc32)c(C#N)c(N2c3ccccc3C(C)(C)c3cc(-c4ccccc4)ccc32)c2c1C(C)(C)C1(c3ccccc3-c3ccccc31)C2(C)C. The van der Waals surface area contributed by atoms with Crippen LogP contribution >= 0.6 is 0 Å². The molecule has 0 atom stereocenters. The molecule has 13 rings (SSSR count). The number of nitriles is 1. The summed E-state index contributed by atoms with van der Waals surface area (Å²) in [6.07, 6.45) is 1.87. The van der Waals surface area contributed by atoms with Gasteiger partial charge in [-0.3, -0.25) is 4.98 Å². The zero-order valence-electron chi connectivity index (χ0n) is 42.6. The van der Waals surface area contributed by atoms with Crippen molar-refractivity contribution < 1.29 is 0 Å². The lowest BCUT2D eigenvalue weighted by molar-refractivity contribution is 0.232. The fourth-order valence-electron chi connectivity index (χ4n) is 14.7. The highest BCUT2D eigenvalue weighted by molar-refractivity contribution is 6.04. The molecule has 4 aliphatic rings. The predicted octanol–water partition coefficient (Wildman–Crippen LogP) is 17.6. The molecule has 352 valence electrons. The van der Waals surface area contributed by atoms with Gasteiger partial charge >= 0.3 is 0 Å². The highest BCUT2D eigenvalue weighted by atomic mass is 15.2. The molecule has 0 fully saturated rings. The molecule has 0 saturated heterocycles. The van der Waals surface area contributed by atoms with E-state index in [1.165, 1.54) is 22.3 Å². The van der Waals surface area contributed by atoms with Gasteiger partial charge in [0.1, 0.15) is 6.07 Å². The van der Waals surface area contributed by atoms with Gasteiger partial charge in [-0.05, 0) is 134 Å². The number of para-hydroxylation sites is 1. The number of hydrogen-bond acceptors (Lipinski definition) is 4. The van der Waals surface area contributed by atoms with E-state index >= 15 is 0 Å². The molecule has 0 N–H and O–H groups in total. The number of rotatable bonds is 4. The van der Waals surface area contributed by atoms with Crippen molar-refractivity contribution in [1.82, 2.24) is 4.98 Å². The Hall–Kier alpha value is -8.51. The molecule has 3 heterocycles. The maximum Gasteiger partial charge on any atom is 0.216 e. The molecule has 2 aliphatic heterocycles. The van der Waals surface area contributed by atoms with Gasteiger partial charge in [-0.15, -0.1) is 0 Å². The lowest BCUT2D eigenvalue weighted by atomic mass is 9.52. The van der Waals surface area contributed by atoms with Crippen LogP contribution in [0.25, 0.3) is 38.2 Å². The maximum atomic E-state index is 12.5. The predicted molar refractivity (Wildman–Crippen MR) is 298 cm³/mol. The van der Waals surface area contributed by atoms with Crippen LogP contribution in [0.3, 0.4) is 0 Å². The minimum absolute atomic E-state index is 0.416. The molecular weight excluding hydrogens is 887 g/mol. The third kappa shape index (κ3) is 5.58. The van der Waals surface area contributed by atoms with E-state index in [0.29, 0.717) is 16.9 Å². The average molecular weight is 942 g/mol. The molecule has 0 unspecified atom stereocenters. The van der Waals surface area contributed by atoms with E-state index in [9.17, 15) is 11.8 Å². The van der Waals surface area contributed by atoms with Crippen molar-refractivity contribution >= 4 is 39.8 Å². The first-order valence-electron chi connectivity index (χ1n) is 25.5. The molecule has 0 saturated carbocycles. The van der Waals surface area contributed by atoms with E-state index in [2.05, 4.69) is 241 Å². The molecule has 1 spiro atoms. The van der Waals surface area contributed by atoms with Crippen LogP contribution in [0, 0.1) is 17.9 Å². The quantitative estimate of drug-likeness (QED) is 0.165. The summed E-state index contributed by atoms with van der Waals surface area (Å²) in [7, 11) is 0. The van der Waals surface area contributed by atoms with Gasteiger partial charge in [0.25, 0.3) is 0 Å². The lowest BCUT2D eigenvalue weighted by Gasteiger charge is -2.50. The Kier molecular flexibility index (Phi) is 9.28. The summed E-state index contributed by atoms with van der Waals surface area (Å²) in [6, 6.07) is 68.3. The third-order valence-corrected chi connectivity index (χ3v) is 17.6. The zero-order chi connectivity index (χ0) is 50.4. The van der Waals surface area contributed by atoms with Crippen LogP contribution in [0.2, 0.25) is 0 Å². The minimum atomic E-state index is -0.715. The standard InChI is InChI=1S/C68H55N5/c1-64(2)51-31-20-21-32-54(51)72(55-36-34-44(39-52(55)64)42-23-12-10-13-24-42)61-48(41-69)62(73-56-37-35-45(43-25-14-11-15-26-43)40-53(56)65(3,4)63-57(73)33-22-38-71-63)60(70-9)58-59(61)67(7,8)68(66(58,5)6)49-29-18-16-27-46(49)47-28-17-19-30-50(47)68/h10-40H,1-8H3. The van der Waals surface area contributed by atoms with Crippen molar-refractivity contribution in [3.8, 4) is 39.4 Å². The Morgan fingerprint density at radius 1 is 0.452 bits per heavy atom. The summed E-state index contributed by atoms with van der Waals surface area (Å²) in [4.78, 5) is 14.6. The molecule has 8 aromatic carbocycles. The van der Waals surface area contributed by atoms with Crippen LogP contribution in [-0.4, -0.2) is 4.98 Å². The molecule has 73 heavy (non-hydrogen) atoms. The van der Waals surface area contributed by atoms with Gasteiger partial charge in [0, 0.05) is 33.5 Å². The maximum absolute atomic E-state index is 12.5. The number of aromatic nitrogens is 1. The summed E-state index contributed by atoms with van der Waals surface area (Å²) in [5, 5.41) is 12.5. The molecule has 1 aromatic heterocycles. The number of anilines is 6. The van der Waals surface area contributed by atoms with E-state index in [0.717, 1.165) is 84.2 Å². The Morgan fingerprint density at radius 3 is 1.48 bits per heavy atom. The van der Waals surface area contributed by atoms with E-state index < -0.39 is 27.1 Å². The summed E-state index contributed by atoms with van der Waals surface area (Å²) < 4.78 is 0. The van der Waals surface area contributed by atoms with Crippen molar-refractivity contribution in [2.24, 2.45) is 0 Å². The highest BCUT2D eigenvalue weighted by Crippen LogP contribution is 2.75. The Balaban J connectivity index is 1.22. The van der Waals surface area contributed by atoms with Crippen LogP contribution in [0.5, 0.6) is 0 Å². The van der Waals surface area contributed by atoms with Gasteiger partial charge in [-0.25, -0.2) is 4.85 Å². The number of pyridine rings is 1. The molecule has 2 aliphatic carbocycles. The molecule has 0 bridgehead atoms. The van der Waals surface area contributed by atoms with Crippen LogP contribution in [0.4, 0.5) is 39.8 Å². The number of fused-ring (bicyclic) bond motifs is 10. The highest BCUT2D eigenvalue weighted by Gasteiger charge is 2.69. The smallest absolute Gasteiger partial charge is 0.216 e.